The summed E-state index contributed by atoms with van der Waals surface area (Å²) in [7, 11) is 0. The normalized spacial score (nSPS) is 18.2. The van der Waals surface area contributed by atoms with E-state index in [4.69, 9.17) is 0 Å². The van der Waals surface area contributed by atoms with Crippen LogP contribution in [0.3, 0.4) is 0 Å². The van der Waals surface area contributed by atoms with Crippen LogP contribution >= 0.6 is 11.8 Å². The summed E-state index contributed by atoms with van der Waals surface area (Å²) in [6, 6.07) is 8.42. The number of thioether (sulfide) groups is 1. The monoisotopic (exact) mass is 356 g/mol. The third-order valence-electron chi connectivity index (χ3n) is 5.15. The number of hydrogen-bond donors (Lipinski definition) is 0. The van der Waals surface area contributed by atoms with Crippen molar-refractivity contribution in [3.8, 4) is 0 Å². The predicted molar refractivity (Wildman–Crippen MR) is 98.5 cm³/mol. The number of aryl methyl sites for hydroxylation is 1. The lowest BCUT2D eigenvalue weighted by molar-refractivity contribution is -0.131. The van der Waals surface area contributed by atoms with Crippen molar-refractivity contribution in [3.63, 3.8) is 0 Å². The topological polar surface area (TPSA) is 51.0 Å². The number of hydrogen-bond acceptors (Lipinski definition) is 4. The van der Waals surface area contributed by atoms with Crippen molar-refractivity contribution in [1.82, 2.24) is 19.7 Å². The summed E-state index contributed by atoms with van der Waals surface area (Å²) in [5, 5.41) is 9.45. The van der Waals surface area contributed by atoms with Gasteiger partial charge in [-0.05, 0) is 37.3 Å². The first-order chi connectivity index (χ1) is 12.2. The minimum atomic E-state index is -0.137. The Bertz CT molecular complexity index is 773. The zero-order valence-electron chi connectivity index (χ0n) is 14.6. The molecule has 0 radical (unpaired) electrons. The predicted octanol–water partition coefficient (Wildman–Crippen LogP) is 3.07. The molecule has 3 heterocycles. The molecule has 1 atom stereocenters. The molecular weight excluding hydrogens is 332 g/mol. The lowest BCUT2D eigenvalue weighted by Gasteiger charge is -2.30. The molecule has 1 amide bonds. The number of rotatable bonds is 3. The van der Waals surface area contributed by atoms with Gasteiger partial charge in [-0.3, -0.25) is 4.79 Å². The van der Waals surface area contributed by atoms with Gasteiger partial charge in [0.1, 0.15) is 5.82 Å². The molecule has 0 N–H and O–H groups in total. The second-order valence-electron chi connectivity index (χ2n) is 6.90. The molecular formula is C19H24N4OS. The van der Waals surface area contributed by atoms with Crippen molar-refractivity contribution >= 4 is 17.7 Å². The number of nitrogens with zero attached hydrogens (tertiary/aromatic N) is 4. The molecule has 2 aliphatic rings. The fourth-order valence-corrected chi connectivity index (χ4v) is 4.67. The summed E-state index contributed by atoms with van der Waals surface area (Å²) in [6.45, 7) is 4.49. The molecule has 1 aromatic carbocycles. The molecule has 132 valence electrons. The van der Waals surface area contributed by atoms with Crippen LogP contribution in [0.15, 0.2) is 29.4 Å². The van der Waals surface area contributed by atoms with Gasteiger partial charge in [-0.1, -0.05) is 42.4 Å². The van der Waals surface area contributed by atoms with E-state index < -0.39 is 0 Å². The number of carbonyl (C=O) groups is 1. The molecule has 5 nitrogen and oxygen atoms in total. The van der Waals surface area contributed by atoms with Gasteiger partial charge in [-0.2, -0.15) is 0 Å². The van der Waals surface area contributed by atoms with Gasteiger partial charge in [0.25, 0.3) is 0 Å². The van der Waals surface area contributed by atoms with Crippen LogP contribution < -0.4 is 0 Å². The maximum atomic E-state index is 12.9. The van der Waals surface area contributed by atoms with Gasteiger partial charge in [0, 0.05) is 26.1 Å². The Hall–Kier alpha value is -1.82. The van der Waals surface area contributed by atoms with Crippen LogP contribution in [0.5, 0.6) is 0 Å². The average molecular weight is 356 g/mol. The molecule has 0 aliphatic carbocycles. The van der Waals surface area contributed by atoms with Gasteiger partial charge in [0.15, 0.2) is 5.16 Å². The van der Waals surface area contributed by atoms with E-state index in [2.05, 4.69) is 39.0 Å². The lowest BCUT2D eigenvalue weighted by Crippen LogP contribution is -2.40. The average Bonchev–Trinajstić information content (AvgIpc) is 2.87. The molecule has 1 aromatic heterocycles. The number of aromatic nitrogens is 3. The second kappa shape index (κ2) is 7.20. The summed E-state index contributed by atoms with van der Waals surface area (Å²) in [6.07, 6.45) is 5.54. The summed E-state index contributed by atoms with van der Waals surface area (Å²) < 4.78 is 2.22. The van der Waals surface area contributed by atoms with Crippen LogP contribution in [0.1, 0.15) is 43.1 Å². The van der Waals surface area contributed by atoms with E-state index in [-0.39, 0.29) is 11.2 Å². The Labute approximate surface area is 152 Å². The third kappa shape index (κ3) is 3.45. The van der Waals surface area contributed by atoms with Crippen molar-refractivity contribution in [1.29, 1.82) is 0 Å². The summed E-state index contributed by atoms with van der Waals surface area (Å²) in [5.74, 6) is 1.28. The van der Waals surface area contributed by atoms with E-state index in [0.717, 1.165) is 43.5 Å². The van der Waals surface area contributed by atoms with Crippen molar-refractivity contribution in [2.24, 2.45) is 0 Å². The fourth-order valence-electron chi connectivity index (χ4n) is 3.69. The number of carbonyl (C=O) groups excluding carboxylic acids is 1. The van der Waals surface area contributed by atoms with Crippen LogP contribution in [-0.2, 0) is 30.7 Å². The molecule has 6 heteroatoms. The Balaban J connectivity index is 1.44. The Morgan fingerprint density at radius 2 is 1.92 bits per heavy atom. The van der Waals surface area contributed by atoms with E-state index in [0.29, 0.717) is 0 Å². The van der Waals surface area contributed by atoms with Crippen molar-refractivity contribution in [2.75, 3.05) is 6.54 Å². The van der Waals surface area contributed by atoms with E-state index in [1.54, 1.807) is 11.8 Å². The molecule has 0 saturated carbocycles. The van der Waals surface area contributed by atoms with Gasteiger partial charge in [-0.25, -0.2) is 0 Å². The Kier molecular flexibility index (Phi) is 4.79. The highest BCUT2D eigenvalue weighted by atomic mass is 32.2. The fraction of sp³-hybridized carbons (Fsp3) is 0.526. The molecule has 0 fully saturated rings. The van der Waals surface area contributed by atoms with Gasteiger partial charge >= 0.3 is 0 Å². The van der Waals surface area contributed by atoms with Gasteiger partial charge < -0.3 is 9.47 Å². The van der Waals surface area contributed by atoms with E-state index in [1.165, 1.54) is 30.4 Å². The highest BCUT2D eigenvalue weighted by Crippen LogP contribution is 2.28. The number of fused-ring (bicyclic) bond motifs is 2. The van der Waals surface area contributed by atoms with Crippen LogP contribution in [0, 0.1) is 0 Å². The summed E-state index contributed by atoms with van der Waals surface area (Å²) in [4.78, 5) is 14.9. The molecule has 0 spiro atoms. The molecule has 2 aliphatic heterocycles. The summed E-state index contributed by atoms with van der Waals surface area (Å²) >= 11 is 1.56. The van der Waals surface area contributed by atoms with Crippen LogP contribution in [-0.4, -0.2) is 37.4 Å². The summed E-state index contributed by atoms with van der Waals surface area (Å²) in [5.41, 5.74) is 2.64. The molecule has 2 aromatic rings. The first-order valence-corrected chi connectivity index (χ1v) is 10.0. The van der Waals surface area contributed by atoms with E-state index in [1.807, 2.05) is 11.8 Å². The van der Waals surface area contributed by atoms with Crippen LogP contribution in [0.25, 0.3) is 0 Å². The number of amides is 1. The van der Waals surface area contributed by atoms with Crippen LogP contribution in [0.2, 0.25) is 0 Å². The highest BCUT2D eigenvalue weighted by Gasteiger charge is 2.27. The SMILES string of the molecule is C[C@H](Sc1nnc2n1CCCCC2)C(=O)N1CCc2ccccc2C1. The standard InChI is InChI=1S/C19H24N4OS/c1-14(25-19-21-20-17-9-3-2-6-11-23(17)19)18(24)22-12-10-15-7-4-5-8-16(15)13-22/h4-5,7-8,14H,2-3,6,9-13H2,1H3/t14-/m0/s1. The first kappa shape index (κ1) is 16.6. The largest absolute Gasteiger partial charge is 0.337 e. The van der Waals surface area contributed by atoms with Crippen molar-refractivity contribution in [3.05, 3.63) is 41.2 Å². The van der Waals surface area contributed by atoms with E-state index in [9.17, 15) is 4.79 Å². The smallest absolute Gasteiger partial charge is 0.236 e. The molecule has 0 bridgehead atoms. The third-order valence-corrected chi connectivity index (χ3v) is 6.22. The maximum Gasteiger partial charge on any atom is 0.236 e. The Morgan fingerprint density at radius 1 is 1.08 bits per heavy atom. The first-order valence-electron chi connectivity index (χ1n) is 9.16. The Morgan fingerprint density at radius 3 is 2.80 bits per heavy atom. The highest BCUT2D eigenvalue weighted by molar-refractivity contribution is 8.00. The zero-order valence-corrected chi connectivity index (χ0v) is 15.5. The zero-order chi connectivity index (χ0) is 17.2. The minimum Gasteiger partial charge on any atom is -0.337 e. The molecule has 4 rings (SSSR count). The number of benzene rings is 1. The molecule has 0 unspecified atom stereocenters. The lowest BCUT2D eigenvalue weighted by atomic mass is 10.00. The quantitative estimate of drug-likeness (QED) is 0.793. The van der Waals surface area contributed by atoms with E-state index >= 15 is 0 Å². The van der Waals surface area contributed by atoms with Gasteiger partial charge in [0.2, 0.25) is 5.91 Å². The van der Waals surface area contributed by atoms with Crippen molar-refractivity contribution in [2.45, 2.75) is 62.5 Å². The van der Waals surface area contributed by atoms with Gasteiger partial charge in [0.05, 0.1) is 5.25 Å². The van der Waals surface area contributed by atoms with Gasteiger partial charge in [-0.15, -0.1) is 10.2 Å². The minimum absolute atomic E-state index is 0.137. The molecule has 25 heavy (non-hydrogen) atoms. The van der Waals surface area contributed by atoms with Crippen LogP contribution in [0.4, 0.5) is 0 Å². The molecule has 0 saturated heterocycles. The maximum absolute atomic E-state index is 12.9. The second-order valence-corrected chi connectivity index (χ2v) is 8.21. The van der Waals surface area contributed by atoms with Crippen molar-refractivity contribution < 1.29 is 4.79 Å².